The topological polar surface area (TPSA) is 32.3 Å². The number of nitrogens with one attached hydrogen (secondary N) is 1. The number of benzene rings is 1. The first-order chi connectivity index (χ1) is 8.75. The van der Waals surface area contributed by atoms with E-state index in [1.807, 2.05) is 4.90 Å². The van der Waals surface area contributed by atoms with E-state index in [9.17, 15) is 4.79 Å². The van der Waals surface area contributed by atoms with E-state index in [0.29, 0.717) is 5.91 Å². The second-order valence-electron chi connectivity index (χ2n) is 4.64. The molecule has 106 valence electrons. The summed E-state index contributed by atoms with van der Waals surface area (Å²) in [4.78, 5) is 13.4. The highest BCUT2D eigenvalue weighted by atomic mass is 79.9. The van der Waals surface area contributed by atoms with Crippen LogP contribution in [0, 0.1) is 0 Å². The van der Waals surface area contributed by atoms with Crippen molar-refractivity contribution >= 4 is 34.2 Å². The summed E-state index contributed by atoms with van der Waals surface area (Å²) >= 11 is 3.42. The summed E-state index contributed by atoms with van der Waals surface area (Å²) in [5.74, 6) is 0.322. The highest BCUT2D eigenvalue weighted by Gasteiger charge is 2.18. The largest absolute Gasteiger partial charge is 0.343 e. The van der Waals surface area contributed by atoms with Gasteiger partial charge >= 0.3 is 0 Å². The first-order valence-corrected chi connectivity index (χ1v) is 7.28. The van der Waals surface area contributed by atoms with E-state index in [2.05, 4.69) is 45.5 Å². The Morgan fingerprint density at radius 1 is 1.26 bits per heavy atom. The lowest BCUT2D eigenvalue weighted by molar-refractivity contribution is -0.127. The fourth-order valence-corrected chi connectivity index (χ4v) is 2.43. The van der Waals surface area contributed by atoms with E-state index < -0.39 is 0 Å². The van der Waals surface area contributed by atoms with E-state index in [4.69, 9.17) is 0 Å². The maximum atomic E-state index is 11.4. The first-order valence-electron chi connectivity index (χ1n) is 6.48. The molecule has 3 nitrogen and oxygen atoms in total. The number of carbonyl (C=O) groups is 1. The molecule has 0 saturated carbocycles. The molecule has 0 aliphatic carbocycles. The van der Waals surface area contributed by atoms with Crippen LogP contribution in [0.5, 0.6) is 0 Å². The van der Waals surface area contributed by atoms with E-state index in [0.717, 1.165) is 49.9 Å². The van der Waals surface area contributed by atoms with Crippen molar-refractivity contribution in [3.05, 3.63) is 34.3 Å². The van der Waals surface area contributed by atoms with Gasteiger partial charge in [0.05, 0.1) is 0 Å². The number of halogens is 2. The fourth-order valence-electron chi connectivity index (χ4n) is 2.17. The van der Waals surface area contributed by atoms with Gasteiger partial charge in [-0.2, -0.15) is 0 Å². The van der Waals surface area contributed by atoms with Crippen molar-refractivity contribution in [2.24, 2.45) is 0 Å². The molecule has 2 rings (SSSR count). The standard InChI is InChI=1S/C14H19BrN2O.ClH/c15-13-6-4-12(5-7-13)11-16-8-2-10-17-9-1-3-14(17)18;/h4-7,16H,1-3,8-11H2;1H. The van der Waals surface area contributed by atoms with Gasteiger partial charge in [-0.15, -0.1) is 12.4 Å². The number of hydrogen-bond acceptors (Lipinski definition) is 2. The minimum absolute atomic E-state index is 0. The molecule has 0 unspecified atom stereocenters. The average Bonchev–Trinajstić information content (AvgIpc) is 2.77. The second kappa shape index (κ2) is 8.56. The number of amides is 1. The third kappa shape index (κ3) is 5.51. The Balaban J connectivity index is 0.00000180. The van der Waals surface area contributed by atoms with Crippen molar-refractivity contribution in [3.8, 4) is 0 Å². The van der Waals surface area contributed by atoms with Gasteiger partial charge in [-0.25, -0.2) is 0 Å². The molecule has 1 aromatic rings. The third-order valence-corrected chi connectivity index (χ3v) is 3.72. The maximum Gasteiger partial charge on any atom is 0.222 e. The molecule has 0 spiro atoms. The van der Waals surface area contributed by atoms with Crippen LogP contribution in [0.25, 0.3) is 0 Å². The number of likely N-dealkylation sites (tertiary alicyclic amines) is 1. The zero-order valence-corrected chi connectivity index (χ0v) is 13.3. The van der Waals surface area contributed by atoms with Crippen molar-refractivity contribution in [2.75, 3.05) is 19.6 Å². The summed E-state index contributed by atoms with van der Waals surface area (Å²) in [5, 5.41) is 3.41. The summed E-state index contributed by atoms with van der Waals surface area (Å²) in [6.45, 7) is 3.69. The van der Waals surface area contributed by atoms with E-state index in [-0.39, 0.29) is 12.4 Å². The molecule has 1 saturated heterocycles. The predicted molar refractivity (Wildman–Crippen MR) is 83.5 cm³/mol. The van der Waals surface area contributed by atoms with Gasteiger partial charge in [0.2, 0.25) is 5.91 Å². The van der Waals surface area contributed by atoms with Crippen LogP contribution < -0.4 is 5.32 Å². The molecular weight excluding hydrogens is 328 g/mol. The minimum atomic E-state index is 0. The molecule has 0 aromatic heterocycles. The average molecular weight is 348 g/mol. The predicted octanol–water partition coefficient (Wildman–Crippen LogP) is 2.97. The highest BCUT2D eigenvalue weighted by molar-refractivity contribution is 9.10. The minimum Gasteiger partial charge on any atom is -0.343 e. The SMILES string of the molecule is Cl.O=C1CCCN1CCCNCc1ccc(Br)cc1. The van der Waals surface area contributed by atoms with Gasteiger partial charge in [0.25, 0.3) is 0 Å². The fraction of sp³-hybridized carbons (Fsp3) is 0.500. The smallest absolute Gasteiger partial charge is 0.222 e. The van der Waals surface area contributed by atoms with Crippen LogP contribution in [0.4, 0.5) is 0 Å². The molecule has 0 radical (unpaired) electrons. The Morgan fingerprint density at radius 3 is 2.63 bits per heavy atom. The van der Waals surface area contributed by atoms with Crippen LogP contribution in [-0.4, -0.2) is 30.4 Å². The molecule has 1 heterocycles. The van der Waals surface area contributed by atoms with Crippen LogP contribution in [0.2, 0.25) is 0 Å². The van der Waals surface area contributed by atoms with Gasteiger partial charge in [0.15, 0.2) is 0 Å². The molecule has 0 bridgehead atoms. The Kier molecular flexibility index (Phi) is 7.42. The number of carbonyl (C=O) groups excluding carboxylic acids is 1. The highest BCUT2D eigenvalue weighted by Crippen LogP contribution is 2.11. The van der Waals surface area contributed by atoms with Crippen molar-refractivity contribution in [1.82, 2.24) is 10.2 Å². The molecule has 1 fully saturated rings. The molecule has 19 heavy (non-hydrogen) atoms. The Hall–Kier alpha value is -0.580. The molecule has 5 heteroatoms. The number of rotatable bonds is 6. The van der Waals surface area contributed by atoms with Gasteiger partial charge < -0.3 is 10.2 Å². The van der Waals surface area contributed by atoms with Gasteiger partial charge in [0.1, 0.15) is 0 Å². The molecule has 1 aliphatic heterocycles. The quantitative estimate of drug-likeness (QED) is 0.802. The zero-order valence-electron chi connectivity index (χ0n) is 10.9. The van der Waals surface area contributed by atoms with Gasteiger partial charge in [-0.3, -0.25) is 4.79 Å². The Labute approximate surface area is 129 Å². The van der Waals surface area contributed by atoms with Crippen LogP contribution in [0.3, 0.4) is 0 Å². The van der Waals surface area contributed by atoms with E-state index in [1.165, 1.54) is 5.56 Å². The molecule has 1 N–H and O–H groups in total. The van der Waals surface area contributed by atoms with Gasteiger partial charge in [-0.05, 0) is 37.1 Å². The Bertz CT molecular complexity index is 397. The molecule has 0 atom stereocenters. The van der Waals surface area contributed by atoms with Crippen molar-refractivity contribution in [1.29, 1.82) is 0 Å². The summed E-state index contributed by atoms with van der Waals surface area (Å²) in [5.41, 5.74) is 1.29. The lowest BCUT2D eigenvalue weighted by Gasteiger charge is -2.15. The number of hydrogen-bond donors (Lipinski definition) is 1. The summed E-state index contributed by atoms with van der Waals surface area (Å²) in [7, 11) is 0. The van der Waals surface area contributed by atoms with Gasteiger partial charge in [0, 0.05) is 30.5 Å². The van der Waals surface area contributed by atoms with E-state index >= 15 is 0 Å². The molecule has 1 aliphatic rings. The summed E-state index contributed by atoms with van der Waals surface area (Å²) in [6, 6.07) is 8.34. The lowest BCUT2D eigenvalue weighted by atomic mass is 10.2. The second-order valence-corrected chi connectivity index (χ2v) is 5.56. The summed E-state index contributed by atoms with van der Waals surface area (Å²) in [6.07, 6.45) is 2.81. The number of nitrogens with zero attached hydrogens (tertiary/aromatic N) is 1. The van der Waals surface area contributed by atoms with Crippen molar-refractivity contribution < 1.29 is 4.79 Å². The zero-order chi connectivity index (χ0) is 12.8. The normalized spacial score (nSPS) is 14.6. The molecular formula is C14H20BrClN2O. The van der Waals surface area contributed by atoms with Crippen LogP contribution in [0.15, 0.2) is 28.7 Å². The van der Waals surface area contributed by atoms with Gasteiger partial charge in [-0.1, -0.05) is 28.1 Å². The first kappa shape index (κ1) is 16.5. The van der Waals surface area contributed by atoms with Crippen molar-refractivity contribution in [3.63, 3.8) is 0 Å². The van der Waals surface area contributed by atoms with Crippen molar-refractivity contribution in [2.45, 2.75) is 25.8 Å². The third-order valence-electron chi connectivity index (χ3n) is 3.20. The molecule has 1 aromatic carbocycles. The van der Waals surface area contributed by atoms with Crippen LogP contribution in [0.1, 0.15) is 24.8 Å². The monoisotopic (exact) mass is 346 g/mol. The summed E-state index contributed by atoms with van der Waals surface area (Å²) < 4.78 is 1.11. The lowest BCUT2D eigenvalue weighted by Crippen LogP contribution is -2.28. The van der Waals surface area contributed by atoms with E-state index in [1.54, 1.807) is 0 Å². The Morgan fingerprint density at radius 2 is 2.00 bits per heavy atom. The maximum absolute atomic E-state index is 11.4. The van der Waals surface area contributed by atoms with Crippen LogP contribution in [-0.2, 0) is 11.3 Å². The molecule has 1 amide bonds. The van der Waals surface area contributed by atoms with Crippen LogP contribution >= 0.6 is 28.3 Å².